The van der Waals surface area contributed by atoms with Crippen molar-refractivity contribution < 1.29 is 18.8 Å². The third-order valence-corrected chi connectivity index (χ3v) is 8.77. The van der Waals surface area contributed by atoms with E-state index in [1.165, 1.54) is 11.6 Å². The van der Waals surface area contributed by atoms with Gasteiger partial charge in [0.05, 0.1) is 24.1 Å². The lowest BCUT2D eigenvalue weighted by Crippen LogP contribution is -2.47. The summed E-state index contributed by atoms with van der Waals surface area (Å²) in [6.45, 7) is 4.66. The van der Waals surface area contributed by atoms with E-state index in [-0.39, 0.29) is 41.3 Å². The van der Waals surface area contributed by atoms with Gasteiger partial charge in [-0.15, -0.1) is 0 Å². The van der Waals surface area contributed by atoms with Gasteiger partial charge in [0.1, 0.15) is 34.5 Å². The quantitative estimate of drug-likeness (QED) is 0.207. The monoisotopic (exact) mass is 648 g/mol. The van der Waals surface area contributed by atoms with Gasteiger partial charge in [0.25, 0.3) is 0 Å². The molecule has 4 aromatic rings. The molecule has 0 spiro atoms. The maximum absolute atomic E-state index is 13.9. The SMILES string of the molecule is CC(=O)c1nn(CC(=O)N2[C@H](C(=O)Nc3nc(Br)ccc3CCCF)C[C@@]3(C)C[C@@H]23)c2cnc(-c3cnc(C)nc3)cc12. The molecule has 0 unspecified atom stereocenters. The van der Waals surface area contributed by atoms with Gasteiger partial charge in [0, 0.05) is 36.3 Å². The number of rotatable bonds is 9. The lowest BCUT2D eigenvalue weighted by atomic mass is 10.0. The minimum atomic E-state index is -0.702. The van der Waals surface area contributed by atoms with E-state index in [0.29, 0.717) is 57.7 Å². The van der Waals surface area contributed by atoms with Crippen LogP contribution in [-0.4, -0.2) is 71.0 Å². The van der Waals surface area contributed by atoms with Gasteiger partial charge < -0.3 is 10.2 Å². The molecule has 2 aliphatic rings. The summed E-state index contributed by atoms with van der Waals surface area (Å²) in [6, 6.07) is 4.54. The maximum Gasteiger partial charge on any atom is 0.248 e. The average Bonchev–Trinajstić information content (AvgIpc) is 3.34. The summed E-state index contributed by atoms with van der Waals surface area (Å²) in [6.07, 6.45) is 6.98. The Hall–Kier alpha value is -4.13. The number of carbonyl (C=O) groups excluding carboxylic acids is 3. The number of carbonyl (C=O) groups is 3. The van der Waals surface area contributed by atoms with Crippen molar-refractivity contribution in [1.29, 1.82) is 0 Å². The van der Waals surface area contributed by atoms with Crippen LogP contribution in [0.15, 0.2) is 41.4 Å². The van der Waals surface area contributed by atoms with Crippen molar-refractivity contribution >= 4 is 50.2 Å². The van der Waals surface area contributed by atoms with E-state index < -0.39 is 12.7 Å². The predicted molar refractivity (Wildman–Crippen MR) is 160 cm³/mol. The van der Waals surface area contributed by atoms with E-state index in [0.717, 1.165) is 12.0 Å². The standard InChI is InChI=1S/C30H30BrFN8O3/c1-16(41)27-20-9-21(19-12-33-17(2)34-13-19)35-14-23(20)39(38-27)15-26(42)40-22(10-30(3)11-24(30)40)29(43)37-28-18(5-4-8-32)6-7-25(31)36-28/h6-7,9,12-14,22,24H,4-5,8,10-11,15H2,1-3H3,(H,36,37,43)/t22-,24+,30-/m0/s1. The third-order valence-electron chi connectivity index (χ3n) is 8.32. The molecule has 11 nitrogen and oxygen atoms in total. The highest BCUT2D eigenvalue weighted by atomic mass is 79.9. The second kappa shape index (κ2) is 11.2. The third kappa shape index (κ3) is 5.53. The average molecular weight is 650 g/mol. The second-order valence-corrected chi connectivity index (χ2v) is 12.3. The fourth-order valence-electron chi connectivity index (χ4n) is 5.94. The molecule has 1 aliphatic heterocycles. The van der Waals surface area contributed by atoms with Crippen molar-refractivity contribution in [2.24, 2.45) is 5.41 Å². The van der Waals surface area contributed by atoms with E-state index in [1.807, 2.05) is 0 Å². The number of halogens is 2. The Bertz CT molecular complexity index is 1760. The van der Waals surface area contributed by atoms with Crippen molar-refractivity contribution in [2.45, 2.75) is 65.1 Å². The molecule has 222 valence electrons. The van der Waals surface area contributed by atoms with Crippen LogP contribution in [0.4, 0.5) is 10.2 Å². The number of fused-ring (bicyclic) bond motifs is 2. The van der Waals surface area contributed by atoms with E-state index in [2.05, 4.69) is 53.2 Å². The summed E-state index contributed by atoms with van der Waals surface area (Å²) < 4.78 is 14.9. The van der Waals surface area contributed by atoms with Crippen molar-refractivity contribution in [2.75, 3.05) is 12.0 Å². The van der Waals surface area contributed by atoms with Crippen molar-refractivity contribution in [3.8, 4) is 11.3 Å². The summed E-state index contributed by atoms with van der Waals surface area (Å²) in [5.74, 6) is 0.131. The van der Waals surface area contributed by atoms with Gasteiger partial charge in [-0.05, 0) is 71.6 Å². The zero-order valence-corrected chi connectivity index (χ0v) is 25.6. The van der Waals surface area contributed by atoms with Crippen LogP contribution in [0.25, 0.3) is 22.2 Å². The number of anilines is 1. The van der Waals surface area contributed by atoms with Gasteiger partial charge in [0.2, 0.25) is 11.8 Å². The van der Waals surface area contributed by atoms with Crippen LogP contribution in [0.1, 0.15) is 55.0 Å². The van der Waals surface area contributed by atoms with E-state index in [4.69, 9.17) is 0 Å². The van der Waals surface area contributed by atoms with E-state index in [9.17, 15) is 18.8 Å². The van der Waals surface area contributed by atoms with Gasteiger partial charge in [0.15, 0.2) is 5.78 Å². The molecular weight excluding hydrogens is 619 g/mol. The fraction of sp³-hybridized carbons (Fsp3) is 0.400. The van der Waals surface area contributed by atoms with Gasteiger partial charge in [-0.1, -0.05) is 13.0 Å². The van der Waals surface area contributed by atoms with Gasteiger partial charge in [-0.2, -0.15) is 5.10 Å². The summed E-state index contributed by atoms with van der Waals surface area (Å²) in [7, 11) is 0. The zero-order chi connectivity index (χ0) is 30.5. The smallest absolute Gasteiger partial charge is 0.248 e. The number of ketones is 1. The highest BCUT2D eigenvalue weighted by Gasteiger charge is 2.64. The number of alkyl halides is 1. The van der Waals surface area contributed by atoms with Gasteiger partial charge >= 0.3 is 0 Å². The number of hydrogen-bond donors (Lipinski definition) is 1. The van der Waals surface area contributed by atoms with Crippen molar-refractivity contribution in [3.05, 3.63) is 58.5 Å². The van der Waals surface area contributed by atoms with E-state index >= 15 is 0 Å². The molecule has 43 heavy (non-hydrogen) atoms. The molecular formula is C30H30BrFN8O3. The minimum Gasteiger partial charge on any atom is -0.325 e. The Kier molecular flexibility index (Phi) is 7.53. The molecule has 13 heteroatoms. The molecule has 2 fully saturated rings. The maximum atomic E-state index is 13.9. The minimum absolute atomic E-state index is 0.0717. The van der Waals surface area contributed by atoms with Crippen LogP contribution in [0, 0.1) is 12.3 Å². The number of Topliss-reactive ketones (excluding diaryl/α,β-unsaturated/α-hetero) is 1. The Balaban J connectivity index is 1.27. The Morgan fingerprint density at radius 3 is 2.63 bits per heavy atom. The summed E-state index contributed by atoms with van der Waals surface area (Å²) in [5, 5.41) is 7.96. The first kappa shape index (κ1) is 29.0. The number of nitrogens with one attached hydrogen (secondary N) is 1. The van der Waals surface area contributed by atoms with Crippen LogP contribution in [0.5, 0.6) is 0 Å². The van der Waals surface area contributed by atoms with Crippen LogP contribution in [0.3, 0.4) is 0 Å². The molecule has 1 aliphatic carbocycles. The molecule has 4 aromatic heterocycles. The van der Waals surface area contributed by atoms with Crippen molar-refractivity contribution in [1.82, 2.24) is 34.6 Å². The molecule has 5 heterocycles. The number of aromatic nitrogens is 6. The number of pyridine rings is 2. The largest absolute Gasteiger partial charge is 0.325 e. The Morgan fingerprint density at radius 1 is 1.14 bits per heavy atom. The molecule has 0 aromatic carbocycles. The van der Waals surface area contributed by atoms with Crippen LogP contribution >= 0.6 is 15.9 Å². The summed E-state index contributed by atoms with van der Waals surface area (Å²) >= 11 is 3.34. The summed E-state index contributed by atoms with van der Waals surface area (Å²) in [4.78, 5) is 59.1. The van der Waals surface area contributed by atoms with Crippen LogP contribution < -0.4 is 5.32 Å². The molecule has 2 amide bonds. The number of amides is 2. The number of nitrogens with zero attached hydrogens (tertiary/aromatic N) is 7. The fourth-order valence-corrected chi connectivity index (χ4v) is 6.25. The number of likely N-dealkylation sites (tertiary alicyclic amines) is 1. The number of hydrogen-bond acceptors (Lipinski definition) is 8. The first-order valence-electron chi connectivity index (χ1n) is 14.1. The van der Waals surface area contributed by atoms with E-state index in [1.54, 1.807) is 48.6 Å². The predicted octanol–water partition coefficient (Wildman–Crippen LogP) is 4.48. The molecule has 0 bridgehead atoms. The highest BCUT2D eigenvalue weighted by molar-refractivity contribution is 9.10. The highest BCUT2D eigenvalue weighted by Crippen LogP contribution is 2.59. The molecule has 1 saturated carbocycles. The molecule has 3 atom stereocenters. The Labute approximate surface area is 255 Å². The first-order chi connectivity index (χ1) is 20.6. The molecule has 1 saturated heterocycles. The van der Waals surface area contributed by atoms with Crippen LogP contribution in [-0.2, 0) is 22.6 Å². The molecule has 0 radical (unpaired) electrons. The summed E-state index contributed by atoms with van der Waals surface area (Å²) in [5.41, 5.74) is 2.61. The van der Waals surface area contributed by atoms with Gasteiger partial charge in [-0.25, -0.2) is 15.0 Å². The number of piperidine rings is 1. The normalized spacial score (nSPS) is 20.7. The number of aryl methyl sites for hydroxylation is 2. The van der Waals surface area contributed by atoms with Crippen molar-refractivity contribution in [3.63, 3.8) is 0 Å². The molecule has 6 rings (SSSR count). The molecule has 1 N–H and O–H groups in total. The lowest BCUT2D eigenvalue weighted by molar-refractivity contribution is -0.138. The second-order valence-electron chi connectivity index (χ2n) is 11.5. The van der Waals surface area contributed by atoms with Gasteiger partial charge in [-0.3, -0.25) is 28.4 Å². The Morgan fingerprint density at radius 2 is 1.91 bits per heavy atom. The first-order valence-corrected chi connectivity index (χ1v) is 14.9. The van der Waals surface area contributed by atoms with Crippen LogP contribution in [0.2, 0.25) is 0 Å². The lowest BCUT2D eigenvalue weighted by Gasteiger charge is -2.27. The zero-order valence-electron chi connectivity index (χ0n) is 24.0. The topological polar surface area (TPSA) is 136 Å².